The summed E-state index contributed by atoms with van der Waals surface area (Å²) in [5.74, 6) is 0.298. The minimum atomic E-state index is -0.423. The van der Waals surface area contributed by atoms with E-state index in [4.69, 9.17) is 4.74 Å². The molecule has 0 atom stereocenters. The Kier molecular flexibility index (Phi) is 6.80. The molecule has 0 spiro atoms. The predicted molar refractivity (Wildman–Crippen MR) is 111 cm³/mol. The van der Waals surface area contributed by atoms with Gasteiger partial charge in [-0.25, -0.2) is 4.79 Å². The largest absolute Gasteiger partial charge is 0.496 e. The molecular formula is C21H19N3O4S. The molecule has 7 nitrogen and oxygen atoms in total. The van der Waals surface area contributed by atoms with Gasteiger partial charge < -0.3 is 14.8 Å². The van der Waals surface area contributed by atoms with Crippen LogP contribution in [0.25, 0.3) is 11.3 Å². The number of thioether (sulfide) groups is 1. The third-order valence-electron chi connectivity index (χ3n) is 3.96. The normalized spacial score (nSPS) is 10.3. The highest BCUT2D eigenvalue weighted by atomic mass is 32.2. The number of hydrogen-bond donors (Lipinski definition) is 1. The lowest BCUT2D eigenvalue weighted by molar-refractivity contribution is -0.113. The Morgan fingerprint density at radius 2 is 1.72 bits per heavy atom. The van der Waals surface area contributed by atoms with Crippen LogP contribution in [0.15, 0.2) is 65.7 Å². The third-order valence-corrected chi connectivity index (χ3v) is 4.88. The highest BCUT2D eigenvalue weighted by Gasteiger charge is 2.10. The zero-order valence-corrected chi connectivity index (χ0v) is 16.7. The molecule has 1 aromatic heterocycles. The molecule has 0 saturated heterocycles. The zero-order valence-electron chi connectivity index (χ0n) is 15.9. The molecule has 0 aliphatic carbocycles. The summed E-state index contributed by atoms with van der Waals surface area (Å²) >= 11 is 1.28. The number of amides is 1. The van der Waals surface area contributed by atoms with Gasteiger partial charge in [0.1, 0.15) is 10.8 Å². The lowest BCUT2D eigenvalue weighted by Gasteiger charge is -2.08. The van der Waals surface area contributed by atoms with Crippen molar-refractivity contribution < 1.29 is 19.1 Å². The fourth-order valence-electron chi connectivity index (χ4n) is 2.54. The Bertz CT molecular complexity index is 992. The molecule has 1 amide bonds. The van der Waals surface area contributed by atoms with Crippen molar-refractivity contribution in [2.75, 3.05) is 25.3 Å². The minimum Gasteiger partial charge on any atom is -0.496 e. The number of carbonyl (C=O) groups excluding carboxylic acids is 2. The Balaban J connectivity index is 1.56. The van der Waals surface area contributed by atoms with Crippen molar-refractivity contribution >= 4 is 29.3 Å². The van der Waals surface area contributed by atoms with Crippen LogP contribution in [-0.2, 0) is 9.53 Å². The fraction of sp³-hybridized carbons (Fsp3) is 0.143. The van der Waals surface area contributed by atoms with Crippen molar-refractivity contribution in [1.82, 2.24) is 10.2 Å². The van der Waals surface area contributed by atoms with Gasteiger partial charge in [0.25, 0.3) is 0 Å². The van der Waals surface area contributed by atoms with Crippen LogP contribution in [0, 0.1) is 0 Å². The van der Waals surface area contributed by atoms with Gasteiger partial charge in [-0.2, -0.15) is 0 Å². The molecule has 0 saturated carbocycles. The van der Waals surface area contributed by atoms with Crippen molar-refractivity contribution in [2.45, 2.75) is 5.03 Å². The summed E-state index contributed by atoms with van der Waals surface area (Å²) in [5.41, 5.74) is 2.57. The zero-order chi connectivity index (χ0) is 20.6. The monoisotopic (exact) mass is 409 g/mol. The van der Waals surface area contributed by atoms with Gasteiger partial charge in [0.15, 0.2) is 0 Å². The Morgan fingerprint density at radius 1 is 0.966 bits per heavy atom. The Morgan fingerprint density at radius 3 is 2.38 bits per heavy atom. The quantitative estimate of drug-likeness (QED) is 0.470. The number of anilines is 1. The summed E-state index contributed by atoms with van der Waals surface area (Å²) in [4.78, 5) is 23.6. The number of nitrogens with one attached hydrogen (secondary N) is 1. The number of methoxy groups -OCH3 is 2. The van der Waals surface area contributed by atoms with E-state index in [0.717, 1.165) is 11.3 Å². The molecule has 0 radical (unpaired) electrons. The van der Waals surface area contributed by atoms with Gasteiger partial charge in [0.05, 0.1) is 31.2 Å². The van der Waals surface area contributed by atoms with E-state index in [2.05, 4.69) is 20.3 Å². The number of carbonyl (C=O) groups is 2. The SMILES string of the molecule is COC(=O)c1ccc(NC(=O)CSc2ccc(-c3ccccc3OC)nn2)cc1. The van der Waals surface area contributed by atoms with Crippen LogP contribution in [0.4, 0.5) is 5.69 Å². The number of benzene rings is 2. The molecule has 0 bridgehead atoms. The Hall–Kier alpha value is -3.39. The van der Waals surface area contributed by atoms with E-state index in [-0.39, 0.29) is 11.7 Å². The van der Waals surface area contributed by atoms with E-state index in [9.17, 15) is 9.59 Å². The van der Waals surface area contributed by atoms with Gasteiger partial charge in [-0.3, -0.25) is 4.79 Å². The van der Waals surface area contributed by atoms with Gasteiger partial charge >= 0.3 is 5.97 Å². The molecule has 0 fully saturated rings. The second kappa shape index (κ2) is 9.70. The lowest BCUT2D eigenvalue weighted by atomic mass is 10.1. The third kappa shape index (κ3) is 5.32. The number of esters is 1. The molecule has 0 aliphatic rings. The van der Waals surface area contributed by atoms with Crippen LogP contribution in [0.3, 0.4) is 0 Å². The fourth-order valence-corrected chi connectivity index (χ4v) is 3.15. The number of aromatic nitrogens is 2. The summed E-state index contributed by atoms with van der Waals surface area (Å²) in [5, 5.41) is 11.8. The molecule has 29 heavy (non-hydrogen) atoms. The number of nitrogens with zero attached hydrogens (tertiary/aromatic N) is 2. The van der Waals surface area contributed by atoms with E-state index in [1.54, 1.807) is 31.4 Å². The summed E-state index contributed by atoms with van der Waals surface area (Å²) in [6.07, 6.45) is 0. The number of para-hydroxylation sites is 1. The highest BCUT2D eigenvalue weighted by molar-refractivity contribution is 7.99. The van der Waals surface area contributed by atoms with Gasteiger partial charge in [0, 0.05) is 11.3 Å². The standard InChI is InChI=1S/C21H19N3O4S/c1-27-18-6-4-3-5-16(18)17-11-12-20(24-23-17)29-13-19(25)22-15-9-7-14(8-10-15)21(26)28-2/h3-12H,13H2,1-2H3,(H,22,25). The van der Waals surface area contributed by atoms with Crippen LogP contribution >= 0.6 is 11.8 Å². The molecule has 2 aromatic carbocycles. The topological polar surface area (TPSA) is 90.4 Å². The maximum atomic E-state index is 12.1. The highest BCUT2D eigenvalue weighted by Crippen LogP contribution is 2.28. The first kappa shape index (κ1) is 20.3. The van der Waals surface area contributed by atoms with Crippen molar-refractivity contribution in [1.29, 1.82) is 0 Å². The first-order chi connectivity index (χ1) is 14.1. The Labute approximate surface area is 172 Å². The maximum absolute atomic E-state index is 12.1. The van der Waals surface area contributed by atoms with E-state index >= 15 is 0 Å². The molecule has 148 valence electrons. The smallest absolute Gasteiger partial charge is 0.337 e. The van der Waals surface area contributed by atoms with Gasteiger partial charge in [-0.1, -0.05) is 23.9 Å². The van der Waals surface area contributed by atoms with Crippen LogP contribution in [0.5, 0.6) is 5.75 Å². The summed E-state index contributed by atoms with van der Waals surface area (Å²) in [6, 6.07) is 17.7. The molecule has 0 aliphatic heterocycles. The molecule has 0 unspecified atom stereocenters. The summed E-state index contributed by atoms with van der Waals surface area (Å²) in [7, 11) is 2.93. The van der Waals surface area contributed by atoms with Gasteiger partial charge in [-0.05, 0) is 48.5 Å². The van der Waals surface area contributed by atoms with E-state index < -0.39 is 5.97 Å². The molecule has 8 heteroatoms. The second-order valence-electron chi connectivity index (χ2n) is 5.86. The first-order valence-electron chi connectivity index (χ1n) is 8.69. The van der Waals surface area contributed by atoms with Crippen LogP contribution in [-0.4, -0.2) is 42.0 Å². The molecule has 3 aromatic rings. The maximum Gasteiger partial charge on any atom is 0.337 e. The van der Waals surface area contributed by atoms with Crippen LogP contribution in [0.2, 0.25) is 0 Å². The molecular weight excluding hydrogens is 390 g/mol. The molecule has 1 heterocycles. The van der Waals surface area contributed by atoms with Gasteiger partial charge in [-0.15, -0.1) is 10.2 Å². The lowest BCUT2D eigenvalue weighted by Crippen LogP contribution is -2.14. The number of ether oxygens (including phenoxy) is 2. The van der Waals surface area contributed by atoms with Crippen molar-refractivity contribution in [3.8, 4) is 17.0 Å². The average Bonchev–Trinajstić information content (AvgIpc) is 2.78. The first-order valence-corrected chi connectivity index (χ1v) is 9.67. The summed E-state index contributed by atoms with van der Waals surface area (Å²) in [6.45, 7) is 0. The van der Waals surface area contributed by atoms with Crippen molar-refractivity contribution in [2.24, 2.45) is 0 Å². The van der Waals surface area contributed by atoms with Crippen molar-refractivity contribution in [3.05, 3.63) is 66.2 Å². The second-order valence-corrected chi connectivity index (χ2v) is 6.86. The van der Waals surface area contributed by atoms with Crippen molar-refractivity contribution in [3.63, 3.8) is 0 Å². The van der Waals surface area contributed by atoms with E-state index in [1.807, 2.05) is 36.4 Å². The number of rotatable bonds is 7. The predicted octanol–water partition coefficient (Wildman–Crippen LogP) is 3.67. The molecule has 1 N–H and O–H groups in total. The van der Waals surface area contributed by atoms with E-state index in [1.165, 1.54) is 18.9 Å². The van der Waals surface area contributed by atoms with Crippen LogP contribution < -0.4 is 10.1 Å². The summed E-state index contributed by atoms with van der Waals surface area (Å²) < 4.78 is 9.99. The average molecular weight is 409 g/mol. The minimum absolute atomic E-state index is 0.182. The number of hydrogen-bond acceptors (Lipinski definition) is 7. The van der Waals surface area contributed by atoms with Crippen LogP contribution in [0.1, 0.15) is 10.4 Å². The molecule has 3 rings (SSSR count). The van der Waals surface area contributed by atoms with E-state index in [0.29, 0.717) is 22.0 Å². The van der Waals surface area contributed by atoms with Gasteiger partial charge in [0.2, 0.25) is 5.91 Å².